The average molecular weight is 425 g/mol. The summed E-state index contributed by atoms with van der Waals surface area (Å²) in [5.74, 6) is -0.183. The minimum Gasteiger partial charge on any atom is -0.368 e. The zero-order valence-corrected chi connectivity index (χ0v) is 17.5. The highest BCUT2D eigenvalue weighted by atomic mass is 32.2. The Morgan fingerprint density at radius 2 is 1.70 bits per heavy atom. The van der Waals surface area contributed by atoms with Gasteiger partial charge in [-0.25, -0.2) is 8.42 Å². The van der Waals surface area contributed by atoms with E-state index in [9.17, 15) is 13.2 Å². The van der Waals surface area contributed by atoms with Gasteiger partial charge in [0.05, 0.1) is 17.4 Å². The third-order valence-corrected chi connectivity index (χ3v) is 7.98. The molecule has 2 aromatic rings. The molecule has 8 heteroatoms. The fourth-order valence-corrected chi connectivity index (χ4v) is 5.85. The van der Waals surface area contributed by atoms with E-state index in [1.807, 2.05) is 23.1 Å². The predicted molar refractivity (Wildman–Crippen MR) is 115 cm³/mol. The second-order valence-electron chi connectivity index (χ2n) is 8.00. The molecule has 3 aliphatic rings. The number of carbonyl (C=O) groups is 1. The molecule has 2 aromatic carbocycles. The molecule has 3 heterocycles. The highest BCUT2D eigenvalue weighted by molar-refractivity contribution is 7.89. The Morgan fingerprint density at radius 3 is 2.43 bits per heavy atom. The van der Waals surface area contributed by atoms with Gasteiger partial charge in [0.25, 0.3) is 0 Å². The standard InChI is InChI=1S/C22H24N4O3S/c27-22(25-10-8-24(9-11-25)20-4-2-1-3-5-20)19-15-26(16-19)30(28,29)21-7-6-17-13-23-14-18(17)12-21/h1-7,12-13,19H,8-11,14-16H2. The van der Waals surface area contributed by atoms with Crippen LogP contribution in [0.4, 0.5) is 5.69 Å². The maximum Gasteiger partial charge on any atom is 0.243 e. The van der Waals surface area contributed by atoms with Crippen LogP contribution < -0.4 is 4.90 Å². The first-order valence-electron chi connectivity index (χ1n) is 10.2. The fourth-order valence-electron chi connectivity index (χ4n) is 4.27. The normalized spacial score (nSPS) is 19.6. The summed E-state index contributed by atoms with van der Waals surface area (Å²) < 4.78 is 27.2. The van der Waals surface area contributed by atoms with Crippen LogP contribution in [0.5, 0.6) is 0 Å². The molecule has 0 atom stereocenters. The molecule has 7 nitrogen and oxygen atoms in total. The van der Waals surface area contributed by atoms with Crippen molar-refractivity contribution >= 4 is 27.8 Å². The van der Waals surface area contributed by atoms with E-state index in [4.69, 9.17) is 0 Å². The average Bonchev–Trinajstić information content (AvgIpc) is 3.21. The molecule has 0 bridgehead atoms. The molecule has 0 radical (unpaired) electrons. The van der Waals surface area contributed by atoms with E-state index < -0.39 is 10.0 Å². The van der Waals surface area contributed by atoms with E-state index >= 15 is 0 Å². The number of fused-ring (bicyclic) bond motifs is 1. The molecule has 0 aromatic heterocycles. The van der Waals surface area contributed by atoms with Gasteiger partial charge in [-0.2, -0.15) is 4.31 Å². The monoisotopic (exact) mass is 424 g/mol. The van der Waals surface area contributed by atoms with Crippen LogP contribution in [0.3, 0.4) is 0 Å². The summed E-state index contributed by atoms with van der Waals surface area (Å²) in [6.45, 7) is 3.96. The van der Waals surface area contributed by atoms with Gasteiger partial charge in [-0.15, -0.1) is 0 Å². The predicted octanol–water partition coefficient (Wildman–Crippen LogP) is 1.59. The number of aliphatic imine (C=N–C) groups is 1. The lowest BCUT2D eigenvalue weighted by atomic mass is 10.0. The van der Waals surface area contributed by atoms with E-state index in [-0.39, 0.29) is 29.8 Å². The van der Waals surface area contributed by atoms with Crippen LogP contribution in [0.15, 0.2) is 58.4 Å². The van der Waals surface area contributed by atoms with Crippen molar-refractivity contribution in [1.29, 1.82) is 0 Å². The summed E-state index contributed by atoms with van der Waals surface area (Å²) in [4.78, 5) is 21.5. The molecule has 0 unspecified atom stereocenters. The smallest absolute Gasteiger partial charge is 0.243 e. The zero-order chi connectivity index (χ0) is 20.7. The van der Waals surface area contributed by atoms with Gasteiger partial charge in [0.15, 0.2) is 0 Å². The van der Waals surface area contributed by atoms with E-state index in [1.165, 1.54) is 9.99 Å². The molecule has 2 fully saturated rings. The lowest BCUT2D eigenvalue weighted by molar-refractivity contribution is -0.139. The first-order valence-corrected chi connectivity index (χ1v) is 11.7. The highest BCUT2D eigenvalue weighted by Crippen LogP contribution is 2.29. The van der Waals surface area contributed by atoms with Gasteiger partial charge in [0.2, 0.25) is 15.9 Å². The van der Waals surface area contributed by atoms with Gasteiger partial charge in [-0.1, -0.05) is 24.3 Å². The first kappa shape index (κ1) is 19.3. The topological polar surface area (TPSA) is 73.3 Å². The van der Waals surface area contributed by atoms with Crippen molar-refractivity contribution < 1.29 is 13.2 Å². The summed E-state index contributed by atoms with van der Waals surface area (Å²) in [6, 6.07) is 15.3. The number of anilines is 1. The number of piperazine rings is 1. The molecule has 156 valence electrons. The van der Waals surface area contributed by atoms with Crippen molar-refractivity contribution in [3.63, 3.8) is 0 Å². The number of sulfonamides is 1. The van der Waals surface area contributed by atoms with Gasteiger partial charge in [-0.3, -0.25) is 9.79 Å². The molecule has 30 heavy (non-hydrogen) atoms. The van der Waals surface area contributed by atoms with Crippen LogP contribution in [0, 0.1) is 5.92 Å². The largest absolute Gasteiger partial charge is 0.368 e. The van der Waals surface area contributed by atoms with Crippen LogP contribution in [-0.2, 0) is 21.4 Å². The SMILES string of the molecule is O=C(C1CN(S(=O)(=O)c2ccc3c(c2)CN=C3)C1)N1CCN(c2ccccc2)CC1. The van der Waals surface area contributed by atoms with E-state index in [0.29, 0.717) is 19.6 Å². The molecule has 0 N–H and O–H groups in total. The molecule has 0 saturated carbocycles. The second-order valence-corrected chi connectivity index (χ2v) is 9.94. The van der Waals surface area contributed by atoms with Gasteiger partial charge in [-0.05, 0) is 35.4 Å². The Morgan fingerprint density at radius 1 is 0.967 bits per heavy atom. The summed E-state index contributed by atoms with van der Waals surface area (Å²) in [7, 11) is -3.57. The van der Waals surface area contributed by atoms with E-state index in [1.54, 1.807) is 24.4 Å². The fraction of sp³-hybridized carbons (Fsp3) is 0.364. The quantitative estimate of drug-likeness (QED) is 0.747. The van der Waals surface area contributed by atoms with Crippen molar-refractivity contribution in [2.45, 2.75) is 11.4 Å². The Hall–Kier alpha value is -2.71. The summed E-state index contributed by atoms with van der Waals surface area (Å²) in [5, 5.41) is 0. The number of benzene rings is 2. The minimum absolute atomic E-state index is 0.0662. The Bertz CT molecular complexity index is 1090. The van der Waals surface area contributed by atoms with Crippen LogP contribution >= 0.6 is 0 Å². The Balaban J connectivity index is 1.17. The van der Waals surface area contributed by atoms with Crippen molar-refractivity contribution in [2.24, 2.45) is 10.9 Å². The number of hydrogen-bond acceptors (Lipinski definition) is 5. The van der Waals surface area contributed by atoms with Gasteiger partial charge in [0, 0.05) is 51.2 Å². The summed E-state index contributed by atoms with van der Waals surface area (Å²) in [6.07, 6.45) is 1.77. The van der Waals surface area contributed by atoms with Crippen molar-refractivity contribution in [2.75, 3.05) is 44.2 Å². The van der Waals surface area contributed by atoms with Gasteiger partial charge in [0.1, 0.15) is 0 Å². The highest BCUT2D eigenvalue weighted by Gasteiger charge is 2.42. The molecular formula is C22H24N4O3S. The maximum atomic E-state index is 12.9. The number of para-hydroxylation sites is 1. The van der Waals surface area contributed by atoms with E-state index in [0.717, 1.165) is 24.2 Å². The van der Waals surface area contributed by atoms with Crippen molar-refractivity contribution in [3.05, 3.63) is 59.7 Å². The second kappa shape index (κ2) is 7.52. The Kier molecular flexibility index (Phi) is 4.83. The maximum absolute atomic E-state index is 12.9. The van der Waals surface area contributed by atoms with Gasteiger partial charge >= 0.3 is 0 Å². The van der Waals surface area contributed by atoms with Crippen LogP contribution in [0.25, 0.3) is 0 Å². The molecule has 0 aliphatic carbocycles. The van der Waals surface area contributed by atoms with Crippen LogP contribution in [0.2, 0.25) is 0 Å². The van der Waals surface area contributed by atoms with Crippen molar-refractivity contribution in [1.82, 2.24) is 9.21 Å². The third kappa shape index (κ3) is 3.40. The van der Waals surface area contributed by atoms with Crippen molar-refractivity contribution in [3.8, 4) is 0 Å². The lowest BCUT2D eigenvalue weighted by Gasteiger charge is -2.42. The number of rotatable bonds is 4. The molecule has 2 saturated heterocycles. The molecular weight excluding hydrogens is 400 g/mol. The van der Waals surface area contributed by atoms with E-state index in [2.05, 4.69) is 22.0 Å². The Labute approximate surface area is 176 Å². The van der Waals surface area contributed by atoms with Crippen LogP contribution in [0.1, 0.15) is 11.1 Å². The molecule has 3 aliphatic heterocycles. The van der Waals surface area contributed by atoms with Gasteiger partial charge < -0.3 is 9.80 Å². The number of nitrogens with zero attached hydrogens (tertiary/aromatic N) is 4. The first-order chi connectivity index (χ1) is 14.5. The lowest BCUT2D eigenvalue weighted by Crippen LogP contribution is -2.59. The molecule has 5 rings (SSSR count). The number of hydrogen-bond donors (Lipinski definition) is 0. The molecule has 0 spiro atoms. The summed E-state index contributed by atoms with van der Waals surface area (Å²) in [5.41, 5.74) is 3.08. The zero-order valence-electron chi connectivity index (χ0n) is 16.6. The number of carbonyl (C=O) groups excluding carboxylic acids is 1. The molecule has 1 amide bonds. The number of amides is 1. The minimum atomic E-state index is -3.57. The summed E-state index contributed by atoms with van der Waals surface area (Å²) >= 11 is 0. The third-order valence-electron chi connectivity index (χ3n) is 6.15. The van der Waals surface area contributed by atoms with Crippen LogP contribution in [-0.4, -0.2) is 69.0 Å².